The first-order valence-corrected chi connectivity index (χ1v) is 8.27. The number of aryl methyl sites for hydroxylation is 2. The van der Waals surface area contributed by atoms with E-state index in [2.05, 4.69) is 27.8 Å². The lowest BCUT2D eigenvalue weighted by Crippen LogP contribution is -2.01. The van der Waals surface area contributed by atoms with E-state index in [-0.39, 0.29) is 6.61 Å². The van der Waals surface area contributed by atoms with Crippen molar-refractivity contribution in [3.8, 4) is 5.75 Å². The fraction of sp³-hybridized carbons (Fsp3) is 0.400. The van der Waals surface area contributed by atoms with Gasteiger partial charge in [-0.1, -0.05) is 22.9 Å². The average Bonchev–Trinajstić information content (AvgIpc) is 2.85. The highest BCUT2D eigenvalue weighted by atomic mass is 79.9. The van der Waals surface area contributed by atoms with Gasteiger partial charge in [-0.05, 0) is 37.5 Å². The van der Waals surface area contributed by atoms with Crippen LogP contribution >= 0.6 is 27.3 Å². The summed E-state index contributed by atoms with van der Waals surface area (Å²) in [4.78, 5) is 4.54. The lowest BCUT2D eigenvalue weighted by Gasteiger charge is -2.12. The molecule has 2 aromatic rings. The van der Waals surface area contributed by atoms with Gasteiger partial charge in [0.2, 0.25) is 0 Å². The minimum absolute atomic E-state index is 0.0340. The van der Waals surface area contributed by atoms with E-state index in [0.29, 0.717) is 6.61 Å². The molecule has 3 nitrogen and oxygen atoms in total. The molecule has 0 aliphatic rings. The van der Waals surface area contributed by atoms with Crippen LogP contribution in [0.5, 0.6) is 5.75 Å². The van der Waals surface area contributed by atoms with Gasteiger partial charge in [-0.15, -0.1) is 11.3 Å². The van der Waals surface area contributed by atoms with Crippen LogP contribution in [0.4, 0.5) is 0 Å². The lowest BCUT2D eigenvalue weighted by atomic mass is 10.1. The maximum atomic E-state index is 9.42. The van der Waals surface area contributed by atoms with E-state index in [1.54, 1.807) is 11.3 Å². The SMILES string of the molecule is CCCc1nc(COc2c(C)cc(Br)cc2CO)cs1. The van der Waals surface area contributed by atoms with E-state index in [1.807, 2.05) is 24.4 Å². The Morgan fingerprint density at radius 1 is 1.40 bits per heavy atom. The molecule has 1 N–H and O–H groups in total. The minimum atomic E-state index is -0.0340. The van der Waals surface area contributed by atoms with Gasteiger partial charge in [0.1, 0.15) is 12.4 Å². The number of nitrogens with zero attached hydrogens (tertiary/aromatic N) is 1. The van der Waals surface area contributed by atoms with Crippen LogP contribution in [0.1, 0.15) is 35.2 Å². The van der Waals surface area contributed by atoms with Crippen molar-refractivity contribution in [2.24, 2.45) is 0 Å². The van der Waals surface area contributed by atoms with E-state index in [0.717, 1.165) is 44.9 Å². The zero-order chi connectivity index (χ0) is 14.5. The number of thiazole rings is 1. The normalized spacial score (nSPS) is 10.8. The van der Waals surface area contributed by atoms with Crippen LogP contribution < -0.4 is 4.74 Å². The third-order valence-corrected chi connectivity index (χ3v) is 4.33. The standard InChI is InChI=1S/C15H18BrNO2S/c1-3-4-14-17-13(9-20-14)8-19-15-10(2)5-12(16)6-11(15)7-18/h5-6,9,18H,3-4,7-8H2,1-2H3. The second-order valence-corrected chi connectivity index (χ2v) is 6.50. The topological polar surface area (TPSA) is 42.4 Å². The predicted octanol–water partition coefficient (Wildman–Crippen LogP) is 4.24. The monoisotopic (exact) mass is 355 g/mol. The van der Waals surface area contributed by atoms with Gasteiger partial charge in [0.15, 0.2) is 0 Å². The molecule has 0 unspecified atom stereocenters. The van der Waals surface area contributed by atoms with Crippen LogP contribution in [0.15, 0.2) is 22.0 Å². The molecule has 0 aliphatic carbocycles. The molecule has 0 amide bonds. The van der Waals surface area contributed by atoms with Crippen molar-refractivity contribution in [2.75, 3.05) is 0 Å². The van der Waals surface area contributed by atoms with Gasteiger partial charge >= 0.3 is 0 Å². The van der Waals surface area contributed by atoms with Crippen LogP contribution in [0.3, 0.4) is 0 Å². The zero-order valence-electron chi connectivity index (χ0n) is 11.6. The molecule has 0 saturated carbocycles. The van der Waals surface area contributed by atoms with Crippen LogP contribution in [0.2, 0.25) is 0 Å². The number of aliphatic hydroxyl groups is 1. The highest BCUT2D eigenvalue weighted by Crippen LogP contribution is 2.29. The van der Waals surface area contributed by atoms with E-state index in [9.17, 15) is 5.11 Å². The largest absolute Gasteiger partial charge is 0.487 e. The molecule has 0 radical (unpaired) electrons. The first-order valence-electron chi connectivity index (χ1n) is 6.60. The van der Waals surface area contributed by atoms with Gasteiger partial charge in [0, 0.05) is 15.4 Å². The Bertz CT molecular complexity index is 583. The molecule has 0 saturated heterocycles. The Morgan fingerprint density at radius 3 is 2.90 bits per heavy atom. The average molecular weight is 356 g/mol. The Morgan fingerprint density at radius 2 is 2.20 bits per heavy atom. The van der Waals surface area contributed by atoms with Gasteiger partial charge in [-0.25, -0.2) is 4.98 Å². The quantitative estimate of drug-likeness (QED) is 0.842. The minimum Gasteiger partial charge on any atom is -0.487 e. The van der Waals surface area contributed by atoms with E-state index >= 15 is 0 Å². The maximum Gasteiger partial charge on any atom is 0.131 e. The summed E-state index contributed by atoms with van der Waals surface area (Å²) in [6.45, 7) is 4.53. The summed E-state index contributed by atoms with van der Waals surface area (Å²) in [7, 11) is 0. The smallest absolute Gasteiger partial charge is 0.131 e. The highest BCUT2D eigenvalue weighted by Gasteiger charge is 2.10. The summed E-state index contributed by atoms with van der Waals surface area (Å²) in [6, 6.07) is 3.87. The molecular weight excluding hydrogens is 338 g/mol. The molecule has 0 spiro atoms. The molecule has 0 atom stereocenters. The lowest BCUT2D eigenvalue weighted by molar-refractivity contribution is 0.256. The number of aliphatic hydroxyl groups excluding tert-OH is 1. The molecule has 0 bridgehead atoms. The third-order valence-electron chi connectivity index (χ3n) is 2.91. The summed E-state index contributed by atoms with van der Waals surface area (Å²) in [5.41, 5.74) is 2.75. The van der Waals surface area contributed by atoms with Crippen molar-refractivity contribution in [2.45, 2.75) is 39.9 Å². The van der Waals surface area contributed by atoms with Gasteiger partial charge in [-0.3, -0.25) is 0 Å². The Balaban J connectivity index is 2.10. The summed E-state index contributed by atoms with van der Waals surface area (Å²) in [5, 5.41) is 12.6. The second-order valence-electron chi connectivity index (χ2n) is 4.64. The van der Waals surface area contributed by atoms with Crippen molar-refractivity contribution in [1.82, 2.24) is 4.98 Å². The molecule has 5 heteroatoms. The van der Waals surface area contributed by atoms with Gasteiger partial charge in [0.05, 0.1) is 17.3 Å². The molecule has 0 fully saturated rings. The molecule has 1 heterocycles. The first-order chi connectivity index (χ1) is 9.63. The molecule has 108 valence electrons. The van der Waals surface area contributed by atoms with E-state index in [4.69, 9.17) is 4.74 Å². The highest BCUT2D eigenvalue weighted by molar-refractivity contribution is 9.10. The second kappa shape index (κ2) is 7.20. The maximum absolute atomic E-state index is 9.42. The molecule has 0 aliphatic heterocycles. The first kappa shape index (κ1) is 15.5. The predicted molar refractivity (Wildman–Crippen MR) is 85.2 cm³/mol. The fourth-order valence-electron chi connectivity index (χ4n) is 2.01. The number of halogens is 1. The number of hydrogen-bond donors (Lipinski definition) is 1. The van der Waals surface area contributed by atoms with E-state index < -0.39 is 0 Å². The number of rotatable bonds is 6. The molecule has 1 aromatic carbocycles. The Hall–Kier alpha value is -0.910. The van der Waals surface area contributed by atoms with Crippen LogP contribution in [0, 0.1) is 6.92 Å². The third kappa shape index (κ3) is 3.81. The summed E-state index contributed by atoms with van der Waals surface area (Å²) in [5.74, 6) is 0.751. The number of ether oxygens (including phenoxy) is 1. The van der Waals surface area contributed by atoms with Crippen molar-refractivity contribution in [3.05, 3.63) is 43.8 Å². The zero-order valence-corrected chi connectivity index (χ0v) is 14.1. The van der Waals surface area contributed by atoms with Crippen LogP contribution in [-0.2, 0) is 19.6 Å². The number of benzene rings is 1. The molecule has 1 aromatic heterocycles. The van der Waals surface area contributed by atoms with Gasteiger partial charge in [-0.2, -0.15) is 0 Å². The summed E-state index contributed by atoms with van der Waals surface area (Å²) >= 11 is 5.11. The Kier molecular flexibility index (Phi) is 5.57. The fourth-order valence-corrected chi connectivity index (χ4v) is 3.52. The Labute approximate surface area is 131 Å². The molecule has 20 heavy (non-hydrogen) atoms. The van der Waals surface area contributed by atoms with Crippen molar-refractivity contribution >= 4 is 27.3 Å². The van der Waals surface area contributed by atoms with E-state index in [1.165, 1.54) is 0 Å². The van der Waals surface area contributed by atoms with Crippen LogP contribution in [-0.4, -0.2) is 10.1 Å². The van der Waals surface area contributed by atoms with Gasteiger partial charge < -0.3 is 9.84 Å². The summed E-state index contributed by atoms with van der Waals surface area (Å²) in [6.07, 6.45) is 2.12. The number of aromatic nitrogens is 1. The number of hydrogen-bond acceptors (Lipinski definition) is 4. The van der Waals surface area contributed by atoms with Crippen molar-refractivity contribution in [3.63, 3.8) is 0 Å². The van der Waals surface area contributed by atoms with Crippen molar-refractivity contribution in [1.29, 1.82) is 0 Å². The van der Waals surface area contributed by atoms with Gasteiger partial charge in [0.25, 0.3) is 0 Å². The van der Waals surface area contributed by atoms with Crippen LogP contribution in [0.25, 0.3) is 0 Å². The summed E-state index contributed by atoms with van der Waals surface area (Å²) < 4.78 is 6.80. The van der Waals surface area contributed by atoms with Crippen molar-refractivity contribution < 1.29 is 9.84 Å². The molecular formula is C15H18BrNO2S. The molecule has 2 rings (SSSR count).